The molecule has 0 aliphatic heterocycles. The molecule has 0 radical (unpaired) electrons. The summed E-state index contributed by atoms with van der Waals surface area (Å²) < 4.78 is 5.88. The Morgan fingerprint density at radius 1 is 0.931 bits per heavy atom. The van der Waals surface area contributed by atoms with Crippen LogP contribution in [0.3, 0.4) is 0 Å². The molecule has 0 bridgehead atoms. The van der Waals surface area contributed by atoms with E-state index in [1.54, 1.807) is 6.33 Å². The Morgan fingerprint density at radius 2 is 1.76 bits per heavy atom. The van der Waals surface area contributed by atoms with Crippen molar-refractivity contribution in [2.75, 3.05) is 5.32 Å². The van der Waals surface area contributed by atoms with Gasteiger partial charge in [-0.15, -0.1) is 0 Å². The third-order valence-corrected chi connectivity index (χ3v) is 4.88. The number of nitrogens with one attached hydrogen (secondary N) is 2. The second-order valence-electron chi connectivity index (χ2n) is 7.02. The minimum atomic E-state index is 0.555. The van der Waals surface area contributed by atoms with Gasteiger partial charge >= 0.3 is 0 Å². The van der Waals surface area contributed by atoms with E-state index in [2.05, 4.69) is 38.5 Å². The number of imidazole rings is 1. The number of anilines is 2. The Labute approximate surface area is 168 Å². The summed E-state index contributed by atoms with van der Waals surface area (Å²) in [5.74, 6) is 0.839. The van der Waals surface area contributed by atoms with Crippen molar-refractivity contribution in [3.05, 3.63) is 90.4 Å². The second kappa shape index (κ2) is 7.28. The van der Waals surface area contributed by atoms with Gasteiger partial charge in [0.25, 0.3) is 0 Å². The molecule has 0 amide bonds. The second-order valence-corrected chi connectivity index (χ2v) is 7.02. The van der Waals surface area contributed by atoms with Crippen LogP contribution in [0, 0.1) is 6.92 Å². The molecule has 0 unspecified atom stereocenters. The predicted octanol–water partition coefficient (Wildman–Crippen LogP) is 5.74. The van der Waals surface area contributed by atoms with Gasteiger partial charge in [-0.05, 0) is 55.0 Å². The molecule has 0 saturated carbocycles. The molecule has 2 N–H and O–H groups in total. The summed E-state index contributed by atoms with van der Waals surface area (Å²) in [6.45, 7) is 2.60. The van der Waals surface area contributed by atoms with E-state index in [-0.39, 0.29) is 0 Å². The normalized spacial score (nSPS) is 11.1. The van der Waals surface area contributed by atoms with Crippen molar-refractivity contribution >= 4 is 33.3 Å². The number of hydrogen-bond acceptors (Lipinski definition) is 4. The maximum atomic E-state index is 5.88. The monoisotopic (exact) mass is 380 g/mol. The summed E-state index contributed by atoms with van der Waals surface area (Å²) >= 11 is 0. The highest BCUT2D eigenvalue weighted by molar-refractivity contribution is 6.10. The number of fused-ring (bicyclic) bond motifs is 3. The first-order chi connectivity index (χ1) is 14.3. The fourth-order valence-corrected chi connectivity index (χ4v) is 3.51. The van der Waals surface area contributed by atoms with Crippen molar-refractivity contribution < 1.29 is 4.74 Å². The van der Waals surface area contributed by atoms with Crippen LogP contribution in [0.15, 0.2) is 79.1 Å². The van der Waals surface area contributed by atoms with E-state index in [1.165, 1.54) is 0 Å². The predicted molar refractivity (Wildman–Crippen MR) is 117 cm³/mol. The van der Waals surface area contributed by atoms with Gasteiger partial charge in [0, 0.05) is 22.3 Å². The van der Waals surface area contributed by atoms with Crippen LogP contribution >= 0.6 is 0 Å². The molecular weight excluding hydrogens is 360 g/mol. The first kappa shape index (κ1) is 17.3. The van der Waals surface area contributed by atoms with Crippen LogP contribution < -0.4 is 10.1 Å². The first-order valence-electron chi connectivity index (χ1n) is 9.53. The van der Waals surface area contributed by atoms with Crippen molar-refractivity contribution in [3.63, 3.8) is 0 Å². The van der Waals surface area contributed by atoms with Gasteiger partial charge in [-0.2, -0.15) is 0 Å². The first-order valence-corrected chi connectivity index (χ1v) is 9.53. The SMILES string of the molecule is Cc1cc(Nc2ccc(OCc3ccccc3)cc2)c2c(ccc3ncnc32)[nH]1. The number of H-pyrrole nitrogens is 1. The maximum Gasteiger partial charge on any atom is 0.119 e. The molecule has 5 rings (SSSR count). The largest absolute Gasteiger partial charge is 0.489 e. The highest BCUT2D eigenvalue weighted by Crippen LogP contribution is 2.32. The molecule has 142 valence electrons. The van der Waals surface area contributed by atoms with Gasteiger partial charge < -0.3 is 15.0 Å². The van der Waals surface area contributed by atoms with Gasteiger partial charge in [0.05, 0.1) is 11.2 Å². The smallest absolute Gasteiger partial charge is 0.119 e. The Balaban J connectivity index is 1.41. The van der Waals surface area contributed by atoms with E-state index in [9.17, 15) is 0 Å². The summed E-state index contributed by atoms with van der Waals surface area (Å²) in [5, 5.41) is 4.56. The Morgan fingerprint density at radius 3 is 2.59 bits per heavy atom. The number of aromatic amines is 1. The number of hydrogen-bond donors (Lipinski definition) is 2. The van der Waals surface area contributed by atoms with Gasteiger partial charge in [-0.3, -0.25) is 0 Å². The molecule has 5 heteroatoms. The molecule has 2 heterocycles. The van der Waals surface area contributed by atoms with Crippen LogP contribution in [-0.2, 0) is 6.61 Å². The van der Waals surface area contributed by atoms with E-state index in [0.717, 1.165) is 50.3 Å². The van der Waals surface area contributed by atoms with E-state index in [1.807, 2.05) is 61.5 Å². The molecular formula is C24H20N4O. The summed E-state index contributed by atoms with van der Waals surface area (Å²) in [6.07, 6.45) is 1.60. The molecule has 0 spiro atoms. The van der Waals surface area contributed by atoms with Crippen molar-refractivity contribution in [1.29, 1.82) is 0 Å². The highest BCUT2D eigenvalue weighted by atomic mass is 16.5. The van der Waals surface area contributed by atoms with Crippen molar-refractivity contribution in [2.45, 2.75) is 13.5 Å². The summed E-state index contributed by atoms with van der Waals surface area (Å²) in [7, 11) is 0. The molecule has 0 atom stereocenters. The molecule has 5 aromatic rings. The minimum absolute atomic E-state index is 0.555. The van der Waals surface area contributed by atoms with Crippen LogP contribution in [0.1, 0.15) is 11.3 Å². The lowest BCUT2D eigenvalue weighted by Gasteiger charge is -2.13. The van der Waals surface area contributed by atoms with Crippen LogP contribution in [0.2, 0.25) is 0 Å². The van der Waals surface area contributed by atoms with E-state index in [4.69, 9.17) is 4.74 Å². The number of ether oxygens (including phenoxy) is 1. The molecule has 0 fully saturated rings. The van der Waals surface area contributed by atoms with Crippen LogP contribution in [-0.4, -0.2) is 15.0 Å². The van der Waals surface area contributed by atoms with Gasteiger partial charge in [0.15, 0.2) is 0 Å². The number of pyridine rings is 1. The molecule has 0 saturated heterocycles. The lowest BCUT2D eigenvalue weighted by molar-refractivity contribution is 0.306. The Kier molecular flexibility index (Phi) is 4.33. The fraction of sp³-hybridized carbons (Fsp3) is 0.0833. The third kappa shape index (κ3) is 3.50. The zero-order valence-corrected chi connectivity index (χ0v) is 16.0. The Bertz CT molecular complexity index is 1280. The van der Waals surface area contributed by atoms with Gasteiger partial charge in [-0.25, -0.2) is 9.97 Å². The lowest BCUT2D eigenvalue weighted by atomic mass is 10.1. The van der Waals surface area contributed by atoms with Crippen LogP contribution in [0.5, 0.6) is 5.75 Å². The number of nitrogens with zero attached hydrogens (tertiary/aromatic N) is 2. The number of aromatic nitrogens is 3. The molecule has 2 aromatic heterocycles. The molecule has 3 aromatic carbocycles. The maximum absolute atomic E-state index is 5.88. The fourth-order valence-electron chi connectivity index (χ4n) is 3.51. The molecule has 29 heavy (non-hydrogen) atoms. The van der Waals surface area contributed by atoms with Crippen molar-refractivity contribution in [1.82, 2.24) is 15.0 Å². The number of aryl methyl sites for hydroxylation is 1. The van der Waals surface area contributed by atoms with Crippen LogP contribution in [0.25, 0.3) is 21.9 Å². The molecule has 0 aliphatic rings. The van der Waals surface area contributed by atoms with E-state index in [0.29, 0.717) is 6.61 Å². The van der Waals surface area contributed by atoms with Crippen LogP contribution in [0.4, 0.5) is 11.4 Å². The topological polar surface area (TPSA) is 62.8 Å². The average molecular weight is 380 g/mol. The summed E-state index contributed by atoms with van der Waals surface area (Å²) in [6, 6.07) is 24.3. The summed E-state index contributed by atoms with van der Waals surface area (Å²) in [4.78, 5) is 12.2. The third-order valence-electron chi connectivity index (χ3n) is 4.88. The van der Waals surface area contributed by atoms with Crippen molar-refractivity contribution in [2.24, 2.45) is 0 Å². The van der Waals surface area contributed by atoms with Gasteiger partial charge in [0.1, 0.15) is 24.2 Å². The lowest BCUT2D eigenvalue weighted by Crippen LogP contribution is -1.97. The quantitative estimate of drug-likeness (QED) is 0.408. The van der Waals surface area contributed by atoms with E-state index >= 15 is 0 Å². The standard InChI is InChI=1S/C24H20N4O/c1-16-13-22(23-20(27-16)11-12-21-24(23)26-15-25-21)28-18-7-9-19(10-8-18)29-14-17-5-3-2-4-6-17/h2-13,15,27-28H,14H2,1H3. The van der Waals surface area contributed by atoms with Gasteiger partial charge in [0.2, 0.25) is 0 Å². The minimum Gasteiger partial charge on any atom is -0.489 e. The van der Waals surface area contributed by atoms with Gasteiger partial charge in [-0.1, -0.05) is 30.3 Å². The Hall–Kier alpha value is -3.86. The summed E-state index contributed by atoms with van der Waals surface area (Å²) in [5.41, 5.74) is 7.02. The number of benzene rings is 3. The average Bonchev–Trinajstić information content (AvgIpc) is 3.22. The zero-order chi connectivity index (χ0) is 19.6. The molecule has 5 nitrogen and oxygen atoms in total. The van der Waals surface area contributed by atoms with Crippen molar-refractivity contribution in [3.8, 4) is 5.75 Å². The highest BCUT2D eigenvalue weighted by Gasteiger charge is 2.10. The molecule has 0 aliphatic carbocycles. The van der Waals surface area contributed by atoms with E-state index < -0.39 is 0 Å². The number of rotatable bonds is 5. The zero-order valence-electron chi connectivity index (χ0n) is 16.0.